The van der Waals surface area contributed by atoms with Crippen molar-refractivity contribution < 1.29 is 38.2 Å². The van der Waals surface area contributed by atoms with Crippen LogP contribution in [-0.2, 0) is 44.8 Å². The smallest absolute Gasteiger partial charge is 0.408 e. The number of ether oxygens (including phenoxy) is 1. The average Bonchev–Trinajstić information content (AvgIpc) is 3.81. The number of aromatic amines is 1. The van der Waals surface area contributed by atoms with Crippen molar-refractivity contribution >= 4 is 36.2 Å². The molecule has 1 unspecified atom stereocenters. The van der Waals surface area contributed by atoms with Gasteiger partial charge in [0.25, 0.3) is 0 Å². The zero-order valence-electron chi connectivity index (χ0n) is 28.6. The number of alkyl carbamates (subject to hydrolysis) is 1. The molecule has 2 amide bonds. The lowest BCUT2D eigenvalue weighted by atomic mass is 10.0. The van der Waals surface area contributed by atoms with E-state index >= 15 is 0 Å². The molecule has 2 aromatic heterocycles. The van der Waals surface area contributed by atoms with E-state index in [1.807, 2.05) is 60.7 Å². The number of carboxylic acid groups (broad SMARTS) is 1. The van der Waals surface area contributed by atoms with Gasteiger partial charge in [-0.2, -0.15) is 0 Å². The Labute approximate surface area is 305 Å². The Morgan fingerprint density at radius 3 is 2.15 bits per heavy atom. The molecule has 2 heterocycles. The van der Waals surface area contributed by atoms with Crippen molar-refractivity contribution in [3.63, 3.8) is 0 Å². The Kier molecular flexibility index (Phi) is 11.8. The first-order valence-electron chi connectivity index (χ1n) is 17.1. The van der Waals surface area contributed by atoms with Crippen LogP contribution in [0, 0.1) is 5.92 Å². The standard InChI is InChI=1S/C40H39N4O8P/c45-38(42-36(39(46)47)22-30-24-41-34-19-11-10-18-33(30)34)31(21-32-23-35(44-52-32)29-16-8-3-9-17-29)26-53(49,50)37(20-27-12-4-1-5-13-27)43-40(48)51-25-28-14-6-2-7-15-28/h1-19,23-24,31,36-37,41H,20-22,25-26H2,(H,42,45)(H,43,48)(H,46,47)(H,49,50)/t31-,36-,37+/m1/s1. The molecule has 0 saturated carbocycles. The predicted octanol–water partition coefficient (Wildman–Crippen LogP) is 6.56. The number of carbonyl (C=O) groups excluding carboxylic acids is 2. The van der Waals surface area contributed by atoms with Crippen LogP contribution in [0.25, 0.3) is 22.2 Å². The maximum absolute atomic E-state index is 14.4. The van der Waals surface area contributed by atoms with Crippen molar-refractivity contribution in [3.8, 4) is 11.3 Å². The molecule has 0 radical (unpaired) electrons. The summed E-state index contributed by atoms with van der Waals surface area (Å²) in [5.74, 6) is -4.39. The van der Waals surface area contributed by atoms with Crippen LogP contribution in [0.3, 0.4) is 0 Å². The van der Waals surface area contributed by atoms with E-state index in [2.05, 4.69) is 20.8 Å². The Bertz CT molecular complexity index is 2190. The van der Waals surface area contributed by atoms with Gasteiger partial charge in [0, 0.05) is 54.2 Å². The summed E-state index contributed by atoms with van der Waals surface area (Å²) in [5.41, 5.74) is 4.16. The lowest BCUT2D eigenvalue weighted by Gasteiger charge is -2.27. The molecule has 13 heteroatoms. The number of rotatable bonds is 16. The van der Waals surface area contributed by atoms with Crippen LogP contribution in [0.1, 0.15) is 22.5 Å². The third-order valence-electron chi connectivity index (χ3n) is 8.90. The van der Waals surface area contributed by atoms with Gasteiger partial charge in [-0.3, -0.25) is 9.36 Å². The molecule has 4 aromatic carbocycles. The van der Waals surface area contributed by atoms with E-state index in [0.717, 1.165) is 22.0 Å². The summed E-state index contributed by atoms with van der Waals surface area (Å²) in [4.78, 5) is 54.5. The second-order valence-corrected chi connectivity index (χ2v) is 15.3. The van der Waals surface area contributed by atoms with Crippen LogP contribution in [-0.4, -0.2) is 56.1 Å². The summed E-state index contributed by atoms with van der Waals surface area (Å²) in [6, 6.07) is 34.8. The molecule has 12 nitrogen and oxygen atoms in total. The number of benzene rings is 4. The molecule has 0 aliphatic heterocycles. The molecule has 6 rings (SSSR count). The Morgan fingerprint density at radius 2 is 1.45 bits per heavy atom. The summed E-state index contributed by atoms with van der Waals surface area (Å²) in [5, 5.41) is 20.3. The topological polar surface area (TPSA) is 184 Å². The second kappa shape index (κ2) is 17.0. The number of aromatic nitrogens is 2. The molecule has 0 saturated heterocycles. The minimum Gasteiger partial charge on any atom is -0.480 e. The quantitative estimate of drug-likeness (QED) is 0.0688. The van der Waals surface area contributed by atoms with Crippen LogP contribution in [0.15, 0.2) is 132 Å². The van der Waals surface area contributed by atoms with Gasteiger partial charge < -0.3 is 34.9 Å². The number of H-pyrrole nitrogens is 1. The summed E-state index contributed by atoms with van der Waals surface area (Å²) in [6.07, 6.45) is -0.0783. The fraction of sp³-hybridized carbons (Fsp3) is 0.200. The number of hydrogen-bond acceptors (Lipinski definition) is 7. The number of nitrogens with zero attached hydrogens (tertiary/aromatic N) is 1. The van der Waals surface area contributed by atoms with Gasteiger partial charge in [-0.05, 0) is 22.8 Å². The third-order valence-corrected chi connectivity index (χ3v) is 11.1. The largest absolute Gasteiger partial charge is 0.480 e. The van der Waals surface area contributed by atoms with Crippen molar-refractivity contribution in [2.45, 2.75) is 37.7 Å². The highest BCUT2D eigenvalue weighted by Crippen LogP contribution is 2.48. The zero-order valence-corrected chi connectivity index (χ0v) is 29.5. The highest BCUT2D eigenvalue weighted by molar-refractivity contribution is 7.58. The minimum absolute atomic E-state index is 0.0395. The maximum Gasteiger partial charge on any atom is 0.408 e. The SMILES string of the molecule is O=C(N[C@H](Cc1ccccc1)P(=O)(O)C[C@@H](Cc1cc(-c2ccccc2)no1)C(=O)N[C@H](Cc1c[nH]c2ccccc12)C(=O)O)OCc1ccccc1. The van der Waals surface area contributed by atoms with Crippen molar-refractivity contribution in [2.24, 2.45) is 5.92 Å². The first-order valence-corrected chi connectivity index (χ1v) is 19.0. The average molecular weight is 735 g/mol. The van der Waals surface area contributed by atoms with Gasteiger partial charge >= 0.3 is 12.1 Å². The maximum atomic E-state index is 14.4. The van der Waals surface area contributed by atoms with Gasteiger partial charge in [0.05, 0.1) is 5.92 Å². The number of aliphatic carboxylic acids is 1. The summed E-state index contributed by atoms with van der Waals surface area (Å²) in [7, 11) is -4.46. The summed E-state index contributed by atoms with van der Waals surface area (Å²) < 4.78 is 25.4. The van der Waals surface area contributed by atoms with E-state index in [0.29, 0.717) is 16.8 Å². The molecule has 0 fully saturated rings. The van der Waals surface area contributed by atoms with Crippen LogP contribution >= 0.6 is 7.37 Å². The van der Waals surface area contributed by atoms with Gasteiger partial charge in [-0.25, -0.2) is 9.59 Å². The monoisotopic (exact) mass is 734 g/mol. The van der Waals surface area contributed by atoms with E-state index in [4.69, 9.17) is 9.26 Å². The molecule has 272 valence electrons. The van der Waals surface area contributed by atoms with Crippen molar-refractivity contribution in [1.82, 2.24) is 20.8 Å². The van der Waals surface area contributed by atoms with Crippen molar-refractivity contribution in [2.75, 3.05) is 6.16 Å². The number of para-hydroxylation sites is 1. The third kappa shape index (κ3) is 9.88. The van der Waals surface area contributed by atoms with Gasteiger partial charge in [-0.15, -0.1) is 0 Å². The van der Waals surface area contributed by atoms with E-state index in [9.17, 15) is 28.9 Å². The van der Waals surface area contributed by atoms with Crippen molar-refractivity contribution in [1.29, 1.82) is 0 Å². The molecular weight excluding hydrogens is 695 g/mol. The van der Waals surface area contributed by atoms with E-state index in [1.165, 1.54) is 0 Å². The van der Waals surface area contributed by atoms with E-state index in [1.54, 1.807) is 66.9 Å². The first kappa shape index (κ1) is 36.8. The van der Waals surface area contributed by atoms with Gasteiger partial charge in [0.1, 0.15) is 29.9 Å². The predicted molar refractivity (Wildman–Crippen MR) is 199 cm³/mol. The normalized spacial score (nSPS) is 14.1. The highest BCUT2D eigenvalue weighted by Gasteiger charge is 2.39. The highest BCUT2D eigenvalue weighted by atomic mass is 31.2. The van der Waals surface area contributed by atoms with Crippen molar-refractivity contribution in [3.05, 3.63) is 150 Å². The van der Waals surface area contributed by atoms with Crippen LogP contribution in [0.4, 0.5) is 4.79 Å². The number of carboxylic acids is 1. The number of amides is 2. The fourth-order valence-corrected chi connectivity index (χ4v) is 8.11. The summed E-state index contributed by atoms with van der Waals surface area (Å²) >= 11 is 0. The second-order valence-electron chi connectivity index (χ2n) is 12.8. The molecule has 0 spiro atoms. The molecule has 6 aromatic rings. The number of carbonyl (C=O) groups is 3. The number of fused-ring (bicyclic) bond motifs is 1. The van der Waals surface area contributed by atoms with Crippen LogP contribution < -0.4 is 10.6 Å². The fourth-order valence-electron chi connectivity index (χ4n) is 6.12. The van der Waals surface area contributed by atoms with E-state index in [-0.39, 0.29) is 31.6 Å². The molecule has 0 aliphatic carbocycles. The Balaban J connectivity index is 1.26. The molecule has 0 bridgehead atoms. The van der Waals surface area contributed by atoms with Gasteiger partial charge in [0.15, 0.2) is 0 Å². The molecule has 53 heavy (non-hydrogen) atoms. The number of hydrogen-bond donors (Lipinski definition) is 5. The molecular formula is C40H39N4O8P. The van der Waals surface area contributed by atoms with Crippen LogP contribution in [0.5, 0.6) is 0 Å². The molecule has 4 atom stereocenters. The van der Waals surface area contributed by atoms with Crippen LogP contribution in [0.2, 0.25) is 0 Å². The number of nitrogens with one attached hydrogen (secondary N) is 3. The molecule has 5 N–H and O–H groups in total. The first-order chi connectivity index (χ1) is 25.6. The van der Waals surface area contributed by atoms with Gasteiger partial charge in [-0.1, -0.05) is 114 Å². The minimum atomic E-state index is -4.46. The summed E-state index contributed by atoms with van der Waals surface area (Å²) in [6.45, 7) is -0.0618. The molecule has 0 aliphatic rings. The lowest BCUT2D eigenvalue weighted by Crippen LogP contribution is -2.46. The lowest BCUT2D eigenvalue weighted by molar-refractivity contribution is -0.142. The Hall–Kier alpha value is -5.97. The Morgan fingerprint density at radius 1 is 0.811 bits per heavy atom. The zero-order chi connectivity index (χ0) is 37.2. The van der Waals surface area contributed by atoms with Gasteiger partial charge in [0.2, 0.25) is 13.3 Å². The van der Waals surface area contributed by atoms with E-state index < -0.39 is 49.2 Å².